The highest BCUT2D eigenvalue weighted by Gasteiger charge is 2.19. The Hall–Kier alpha value is -2.86. The monoisotopic (exact) mass is 289 g/mol. The van der Waals surface area contributed by atoms with Gasteiger partial charge in [0.05, 0.1) is 17.2 Å². The van der Waals surface area contributed by atoms with Gasteiger partial charge in [-0.25, -0.2) is 4.79 Å². The molecule has 0 heterocycles. The van der Waals surface area contributed by atoms with Gasteiger partial charge in [-0.3, -0.25) is 0 Å². The van der Waals surface area contributed by atoms with E-state index in [1.54, 1.807) is 24.3 Å². The summed E-state index contributed by atoms with van der Waals surface area (Å²) in [6.07, 6.45) is 1.90. The van der Waals surface area contributed by atoms with Gasteiger partial charge in [0.1, 0.15) is 0 Å². The van der Waals surface area contributed by atoms with Gasteiger partial charge in [-0.05, 0) is 66.3 Å². The number of hydrogen-bond donors (Lipinski definition) is 1. The number of hydrogen-bond acceptors (Lipinski definition) is 2. The number of carbonyl (C=O) groups is 1. The Labute approximate surface area is 129 Å². The van der Waals surface area contributed by atoms with Crippen molar-refractivity contribution >= 4 is 11.5 Å². The minimum atomic E-state index is -0.912. The molecule has 2 aromatic rings. The van der Waals surface area contributed by atoms with Gasteiger partial charge in [-0.15, -0.1) is 0 Å². The molecule has 0 aromatic heterocycles. The van der Waals surface area contributed by atoms with Gasteiger partial charge in [-0.2, -0.15) is 5.26 Å². The maximum absolute atomic E-state index is 11.2. The van der Waals surface area contributed by atoms with E-state index in [0.29, 0.717) is 11.1 Å². The van der Waals surface area contributed by atoms with Crippen molar-refractivity contribution in [3.05, 3.63) is 75.9 Å². The van der Waals surface area contributed by atoms with Gasteiger partial charge in [0.15, 0.2) is 0 Å². The van der Waals surface area contributed by atoms with Gasteiger partial charge >= 0.3 is 5.97 Å². The van der Waals surface area contributed by atoms with E-state index in [1.807, 2.05) is 18.2 Å². The van der Waals surface area contributed by atoms with Gasteiger partial charge in [-0.1, -0.05) is 23.8 Å². The second-order valence-corrected chi connectivity index (χ2v) is 5.52. The van der Waals surface area contributed by atoms with E-state index < -0.39 is 5.97 Å². The van der Waals surface area contributed by atoms with Gasteiger partial charge in [0.25, 0.3) is 0 Å². The van der Waals surface area contributed by atoms with E-state index in [0.717, 1.165) is 29.5 Å². The molecule has 0 fully saturated rings. The maximum Gasteiger partial charge on any atom is 0.335 e. The highest BCUT2D eigenvalue weighted by molar-refractivity contribution is 5.92. The summed E-state index contributed by atoms with van der Waals surface area (Å²) >= 11 is 0. The van der Waals surface area contributed by atoms with Crippen molar-refractivity contribution in [3.63, 3.8) is 0 Å². The first kappa shape index (κ1) is 14.1. The number of aryl methyl sites for hydroxylation is 1. The lowest BCUT2D eigenvalue weighted by molar-refractivity contribution is 0.0697. The molecule has 0 spiro atoms. The first-order valence-corrected chi connectivity index (χ1v) is 7.17. The number of carboxylic acid groups (broad SMARTS) is 1. The average Bonchev–Trinajstić information content (AvgIpc) is 2.54. The molecule has 0 aliphatic heterocycles. The minimum absolute atomic E-state index is 0.305. The van der Waals surface area contributed by atoms with Crippen LogP contribution in [0.4, 0.5) is 0 Å². The Morgan fingerprint density at radius 1 is 1.14 bits per heavy atom. The molecule has 0 amide bonds. The Kier molecular flexibility index (Phi) is 3.52. The Morgan fingerprint density at radius 3 is 2.50 bits per heavy atom. The molecule has 1 aliphatic rings. The quantitative estimate of drug-likeness (QED) is 0.908. The largest absolute Gasteiger partial charge is 0.478 e. The smallest absolute Gasteiger partial charge is 0.335 e. The fraction of sp³-hybridized carbons (Fsp3) is 0.158. The lowest BCUT2D eigenvalue weighted by Crippen LogP contribution is -2.07. The number of nitriles is 1. The van der Waals surface area contributed by atoms with Crippen LogP contribution in [0.25, 0.3) is 5.57 Å². The molecule has 3 nitrogen and oxygen atoms in total. The number of benzene rings is 2. The summed E-state index contributed by atoms with van der Waals surface area (Å²) < 4.78 is 0. The highest BCUT2D eigenvalue weighted by Crippen LogP contribution is 2.36. The van der Waals surface area contributed by atoms with E-state index in [4.69, 9.17) is 5.26 Å². The molecule has 0 unspecified atom stereocenters. The summed E-state index contributed by atoms with van der Waals surface area (Å²) in [5, 5.41) is 18.1. The van der Waals surface area contributed by atoms with Crippen LogP contribution in [-0.2, 0) is 6.42 Å². The molecule has 22 heavy (non-hydrogen) atoms. The maximum atomic E-state index is 11.2. The lowest BCUT2D eigenvalue weighted by Gasteiger charge is -2.22. The Morgan fingerprint density at radius 2 is 1.86 bits per heavy atom. The molecular formula is C19H15NO2. The number of rotatable bonds is 2. The van der Waals surface area contributed by atoms with E-state index >= 15 is 0 Å². The number of carboxylic acids is 1. The third-order valence-corrected chi connectivity index (χ3v) is 4.12. The summed E-state index contributed by atoms with van der Waals surface area (Å²) in [7, 11) is 0. The SMILES string of the molecule is CC1=C(c2ccc(C#N)cc2)c2cc(C(=O)O)ccc2CC1. The van der Waals surface area contributed by atoms with Crippen LogP contribution < -0.4 is 0 Å². The molecule has 0 saturated heterocycles. The molecule has 3 heteroatoms. The van der Waals surface area contributed by atoms with Crippen molar-refractivity contribution in [1.29, 1.82) is 5.26 Å². The minimum Gasteiger partial charge on any atom is -0.478 e. The first-order chi connectivity index (χ1) is 10.6. The zero-order chi connectivity index (χ0) is 15.7. The van der Waals surface area contributed by atoms with Crippen LogP contribution in [0.1, 0.15) is 46.0 Å². The predicted molar refractivity (Wildman–Crippen MR) is 84.6 cm³/mol. The molecule has 0 bridgehead atoms. The fourth-order valence-electron chi connectivity index (χ4n) is 2.95. The number of nitrogens with zero attached hydrogens (tertiary/aromatic N) is 1. The second-order valence-electron chi connectivity index (χ2n) is 5.52. The van der Waals surface area contributed by atoms with Gasteiger partial charge in [0, 0.05) is 0 Å². The summed E-state index contributed by atoms with van der Waals surface area (Å²) in [6, 6.07) is 14.9. The molecule has 0 atom stereocenters. The molecule has 2 aromatic carbocycles. The second kappa shape index (κ2) is 5.50. The van der Waals surface area contributed by atoms with Crippen molar-refractivity contribution in [2.24, 2.45) is 0 Å². The van der Waals surface area contributed by atoms with E-state index in [-0.39, 0.29) is 0 Å². The van der Waals surface area contributed by atoms with Crippen LogP contribution in [0, 0.1) is 11.3 Å². The van der Waals surface area contributed by atoms with E-state index in [9.17, 15) is 9.90 Å². The molecule has 3 rings (SSSR count). The first-order valence-electron chi connectivity index (χ1n) is 7.17. The molecular weight excluding hydrogens is 274 g/mol. The van der Waals surface area contributed by atoms with E-state index in [2.05, 4.69) is 13.0 Å². The van der Waals surface area contributed by atoms with Crippen LogP contribution in [-0.4, -0.2) is 11.1 Å². The van der Waals surface area contributed by atoms with Crippen LogP contribution in [0.15, 0.2) is 48.0 Å². The number of allylic oxidation sites excluding steroid dienone is 1. The van der Waals surface area contributed by atoms with Crippen molar-refractivity contribution in [2.45, 2.75) is 19.8 Å². The van der Waals surface area contributed by atoms with Crippen molar-refractivity contribution in [1.82, 2.24) is 0 Å². The average molecular weight is 289 g/mol. The van der Waals surface area contributed by atoms with Crippen LogP contribution in [0.3, 0.4) is 0 Å². The van der Waals surface area contributed by atoms with Crippen molar-refractivity contribution < 1.29 is 9.90 Å². The Bertz CT molecular complexity index is 824. The normalized spacial score (nSPS) is 13.5. The fourth-order valence-corrected chi connectivity index (χ4v) is 2.95. The molecule has 0 saturated carbocycles. The summed E-state index contributed by atoms with van der Waals surface area (Å²) in [4.78, 5) is 11.2. The van der Waals surface area contributed by atoms with Crippen LogP contribution in [0.2, 0.25) is 0 Å². The van der Waals surface area contributed by atoms with Gasteiger partial charge < -0.3 is 5.11 Å². The molecule has 0 radical (unpaired) electrons. The van der Waals surface area contributed by atoms with Crippen molar-refractivity contribution in [2.75, 3.05) is 0 Å². The lowest BCUT2D eigenvalue weighted by atomic mass is 9.82. The number of aromatic carboxylic acids is 1. The van der Waals surface area contributed by atoms with Crippen molar-refractivity contribution in [3.8, 4) is 6.07 Å². The zero-order valence-electron chi connectivity index (χ0n) is 12.3. The number of fused-ring (bicyclic) bond motifs is 1. The molecule has 1 N–H and O–H groups in total. The molecule has 1 aliphatic carbocycles. The topological polar surface area (TPSA) is 61.1 Å². The third-order valence-electron chi connectivity index (χ3n) is 4.12. The van der Waals surface area contributed by atoms with Crippen LogP contribution >= 0.6 is 0 Å². The Balaban J connectivity index is 2.16. The van der Waals surface area contributed by atoms with E-state index in [1.165, 1.54) is 11.1 Å². The zero-order valence-corrected chi connectivity index (χ0v) is 12.3. The third kappa shape index (κ3) is 2.40. The highest BCUT2D eigenvalue weighted by atomic mass is 16.4. The van der Waals surface area contributed by atoms with Crippen LogP contribution in [0.5, 0.6) is 0 Å². The summed E-state index contributed by atoms with van der Waals surface area (Å²) in [5.74, 6) is -0.912. The van der Waals surface area contributed by atoms with Gasteiger partial charge in [0.2, 0.25) is 0 Å². The summed E-state index contributed by atoms with van der Waals surface area (Å²) in [6.45, 7) is 2.09. The standard InChI is InChI=1S/C19H15NO2/c1-12-2-5-14-8-9-16(19(21)22)10-17(14)18(12)15-6-3-13(11-20)4-7-15/h3-4,6-10H,2,5H2,1H3,(H,21,22). The predicted octanol–water partition coefficient (Wildman–Crippen LogP) is 4.02. The summed E-state index contributed by atoms with van der Waals surface area (Å²) in [5.41, 5.74) is 6.47. The molecule has 108 valence electrons.